The number of rotatable bonds is 4. The number of amides is 1. The number of benzene rings is 2. The number of hydrogen-bond acceptors (Lipinski definition) is 4. The number of anilines is 1. The van der Waals surface area contributed by atoms with Gasteiger partial charge in [0.05, 0.1) is 29.1 Å². The van der Waals surface area contributed by atoms with Gasteiger partial charge in [-0.05, 0) is 37.3 Å². The zero-order chi connectivity index (χ0) is 18.7. The maximum Gasteiger partial charge on any atom is 0.340 e. The molecule has 6 heteroatoms. The Morgan fingerprint density at radius 3 is 2.65 bits per heavy atom. The number of para-hydroxylation sites is 1. The lowest BCUT2D eigenvalue weighted by atomic mass is 10.0. The molecule has 0 fully saturated rings. The Hall–Kier alpha value is -3.28. The average Bonchev–Trinajstić information content (AvgIpc) is 2.87. The zero-order valence-electron chi connectivity index (χ0n) is 14.4. The van der Waals surface area contributed by atoms with Gasteiger partial charge < -0.3 is 9.64 Å². The normalized spacial score (nSPS) is 15.3. The van der Waals surface area contributed by atoms with Crippen LogP contribution < -0.4 is 4.90 Å². The van der Waals surface area contributed by atoms with Gasteiger partial charge in [0.25, 0.3) is 5.91 Å². The highest BCUT2D eigenvalue weighted by Gasteiger charge is 2.34. The van der Waals surface area contributed by atoms with E-state index in [1.807, 2.05) is 18.2 Å². The van der Waals surface area contributed by atoms with Crippen molar-refractivity contribution < 1.29 is 18.7 Å². The molecule has 0 saturated heterocycles. The van der Waals surface area contributed by atoms with Gasteiger partial charge in [0.2, 0.25) is 0 Å². The van der Waals surface area contributed by atoms with Crippen molar-refractivity contribution in [2.45, 2.75) is 6.92 Å². The number of ether oxygens (including phenoxy) is 1. The first kappa shape index (κ1) is 17.5. The highest BCUT2D eigenvalue weighted by atomic mass is 19.1. The van der Waals surface area contributed by atoms with Crippen LogP contribution in [0.4, 0.5) is 15.8 Å². The SMILES string of the molecule is CCOC(=O)/C(C=Nc1ccccc1)=C1/C(=O)N(C)c2ccc(F)cc21. The quantitative estimate of drug-likeness (QED) is 0.481. The second-order valence-corrected chi connectivity index (χ2v) is 5.63. The van der Waals surface area contributed by atoms with Crippen LogP contribution in [0.1, 0.15) is 12.5 Å². The number of likely N-dealkylation sites (N-methyl/N-ethyl adjacent to an activating group) is 1. The number of halogens is 1. The van der Waals surface area contributed by atoms with Gasteiger partial charge in [0.15, 0.2) is 0 Å². The van der Waals surface area contributed by atoms with E-state index >= 15 is 0 Å². The van der Waals surface area contributed by atoms with E-state index in [0.29, 0.717) is 16.9 Å². The Morgan fingerprint density at radius 1 is 1.23 bits per heavy atom. The van der Waals surface area contributed by atoms with Crippen molar-refractivity contribution in [3.05, 3.63) is 65.5 Å². The summed E-state index contributed by atoms with van der Waals surface area (Å²) >= 11 is 0. The molecule has 1 aliphatic rings. The topological polar surface area (TPSA) is 59.0 Å². The molecule has 132 valence electrons. The molecule has 2 aromatic carbocycles. The molecule has 5 nitrogen and oxygen atoms in total. The molecule has 1 heterocycles. The molecule has 1 amide bonds. The van der Waals surface area contributed by atoms with E-state index in [1.165, 1.54) is 29.3 Å². The predicted octanol–water partition coefficient (Wildman–Crippen LogP) is 3.52. The number of hydrogen-bond donors (Lipinski definition) is 0. The number of aliphatic imine (C=N–C) groups is 1. The van der Waals surface area contributed by atoms with Crippen LogP contribution in [0, 0.1) is 5.82 Å². The van der Waals surface area contributed by atoms with Crippen molar-refractivity contribution in [2.24, 2.45) is 4.99 Å². The molecule has 26 heavy (non-hydrogen) atoms. The summed E-state index contributed by atoms with van der Waals surface area (Å²) < 4.78 is 18.8. The molecule has 0 aliphatic carbocycles. The molecule has 3 rings (SSSR count). The van der Waals surface area contributed by atoms with E-state index in [9.17, 15) is 14.0 Å². The number of carbonyl (C=O) groups is 2. The van der Waals surface area contributed by atoms with E-state index in [0.717, 1.165) is 0 Å². The van der Waals surface area contributed by atoms with Crippen molar-refractivity contribution in [1.82, 2.24) is 0 Å². The van der Waals surface area contributed by atoms with Gasteiger partial charge in [-0.2, -0.15) is 0 Å². The number of esters is 1. The lowest BCUT2D eigenvalue weighted by molar-refractivity contribution is -0.137. The van der Waals surface area contributed by atoms with Gasteiger partial charge in [-0.25, -0.2) is 9.18 Å². The van der Waals surface area contributed by atoms with Gasteiger partial charge in [0.1, 0.15) is 5.82 Å². The molecular weight excluding hydrogens is 335 g/mol. The Morgan fingerprint density at radius 2 is 1.96 bits per heavy atom. The van der Waals surface area contributed by atoms with E-state index in [2.05, 4.69) is 4.99 Å². The fourth-order valence-corrected chi connectivity index (χ4v) is 2.73. The van der Waals surface area contributed by atoms with Crippen LogP contribution in [0.25, 0.3) is 5.57 Å². The molecule has 0 unspecified atom stereocenters. The van der Waals surface area contributed by atoms with E-state index in [1.54, 1.807) is 26.1 Å². The zero-order valence-corrected chi connectivity index (χ0v) is 14.4. The molecule has 0 aromatic heterocycles. The van der Waals surface area contributed by atoms with Crippen LogP contribution in [0.3, 0.4) is 0 Å². The first-order valence-corrected chi connectivity index (χ1v) is 8.11. The van der Waals surface area contributed by atoms with Crippen molar-refractivity contribution in [2.75, 3.05) is 18.6 Å². The van der Waals surface area contributed by atoms with Gasteiger partial charge >= 0.3 is 5.97 Å². The van der Waals surface area contributed by atoms with Crippen LogP contribution in [-0.4, -0.2) is 31.7 Å². The summed E-state index contributed by atoms with van der Waals surface area (Å²) in [5.74, 6) is -1.58. The molecule has 0 bridgehead atoms. The fraction of sp³-hybridized carbons (Fsp3) is 0.150. The van der Waals surface area contributed by atoms with Crippen molar-refractivity contribution in [3.8, 4) is 0 Å². The molecule has 2 aromatic rings. The second-order valence-electron chi connectivity index (χ2n) is 5.63. The third-order valence-electron chi connectivity index (χ3n) is 3.97. The minimum Gasteiger partial charge on any atom is -0.462 e. The van der Waals surface area contributed by atoms with Crippen LogP contribution >= 0.6 is 0 Å². The van der Waals surface area contributed by atoms with Crippen molar-refractivity contribution in [1.29, 1.82) is 0 Å². The molecular formula is C20H17FN2O3. The smallest absolute Gasteiger partial charge is 0.340 e. The van der Waals surface area contributed by atoms with E-state index < -0.39 is 17.7 Å². The van der Waals surface area contributed by atoms with Crippen LogP contribution in [0.2, 0.25) is 0 Å². The van der Waals surface area contributed by atoms with Gasteiger partial charge in [-0.3, -0.25) is 9.79 Å². The summed E-state index contributed by atoms with van der Waals surface area (Å²) in [5.41, 5.74) is 1.58. The standard InChI is InChI=1S/C20H17FN2O3/c1-3-26-20(25)16(12-22-14-7-5-4-6-8-14)18-15-11-13(21)9-10-17(15)23(2)19(18)24/h4-12H,3H2,1-2H3/b18-16+,22-12?. The predicted molar refractivity (Wildman–Crippen MR) is 98.0 cm³/mol. The average molecular weight is 352 g/mol. The molecule has 0 atom stereocenters. The van der Waals surface area contributed by atoms with Crippen molar-refractivity contribution in [3.63, 3.8) is 0 Å². The molecule has 0 N–H and O–H groups in total. The lowest BCUT2D eigenvalue weighted by Crippen LogP contribution is -2.22. The second kappa shape index (κ2) is 7.31. The molecule has 0 saturated carbocycles. The number of nitrogens with zero attached hydrogens (tertiary/aromatic N) is 2. The first-order chi connectivity index (χ1) is 12.5. The maximum atomic E-state index is 13.8. The van der Waals surface area contributed by atoms with Crippen LogP contribution in [0.15, 0.2) is 59.1 Å². The number of carbonyl (C=O) groups excluding carboxylic acids is 2. The van der Waals surface area contributed by atoms with E-state index in [4.69, 9.17) is 4.74 Å². The van der Waals surface area contributed by atoms with E-state index in [-0.39, 0.29) is 17.8 Å². The Balaban J connectivity index is 2.17. The number of fused-ring (bicyclic) bond motifs is 1. The fourth-order valence-electron chi connectivity index (χ4n) is 2.73. The Labute approximate surface area is 150 Å². The third kappa shape index (κ3) is 3.26. The Bertz CT molecular complexity index is 920. The highest BCUT2D eigenvalue weighted by Crippen LogP contribution is 2.38. The highest BCUT2D eigenvalue weighted by molar-refractivity contribution is 6.39. The molecule has 1 aliphatic heterocycles. The lowest BCUT2D eigenvalue weighted by Gasteiger charge is -2.08. The summed E-state index contributed by atoms with van der Waals surface area (Å²) in [4.78, 5) is 30.8. The minimum atomic E-state index is -0.680. The third-order valence-corrected chi connectivity index (χ3v) is 3.97. The van der Waals surface area contributed by atoms with Crippen molar-refractivity contribution >= 4 is 35.0 Å². The summed E-state index contributed by atoms with van der Waals surface area (Å²) in [6, 6.07) is 13.0. The monoisotopic (exact) mass is 352 g/mol. The summed E-state index contributed by atoms with van der Waals surface area (Å²) in [6.45, 7) is 1.82. The maximum absolute atomic E-state index is 13.8. The van der Waals surface area contributed by atoms with Gasteiger partial charge in [-0.15, -0.1) is 0 Å². The Kier molecular flexibility index (Phi) is 4.93. The molecule has 0 radical (unpaired) electrons. The van der Waals surface area contributed by atoms with Crippen LogP contribution in [0.5, 0.6) is 0 Å². The summed E-state index contributed by atoms with van der Waals surface area (Å²) in [5, 5.41) is 0. The summed E-state index contributed by atoms with van der Waals surface area (Å²) in [7, 11) is 1.57. The summed E-state index contributed by atoms with van der Waals surface area (Å²) in [6.07, 6.45) is 1.30. The largest absolute Gasteiger partial charge is 0.462 e. The first-order valence-electron chi connectivity index (χ1n) is 8.11. The van der Waals surface area contributed by atoms with Crippen LogP contribution in [-0.2, 0) is 14.3 Å². The minimum absolute atomic E-state index is 0.00287. The van der Waals surface area contributed by atoms with Gasteiger partial charge in [0, 0.05) is 18.8 Å². The molecule has 0 spiro atoms. The van der Waals surface area contributed by atoms with Gasteiger partial charge in [-0.1, -0.05) is 18.2 Å².